The van der Waals surface area contributed by atoms with E-state index in [1.807, 2.05) is 0 Å². The molecule has 0 aliphatic rings. The zero-order chi connectivity index (χ0) is 12.1. The predicted molar refractivity (Wildman–Crippen MR) is 57.8 cm³/mol. The van der Waals surface area contributed by atoms with Crippen LogP contribution in [-0.2, 0) is 4.79 Å². The van der Waals surface area contributed by atoms with Crippen LogP contribution in [-0.4, -0.2) is 30.4 Å². The van der Waals surface area contributed by atoms with Crippen molar-refractivity contribution in [2.24, 2.45) is 0 Å². The number of aliphatic hydroxyl groups excluding tert-OH is 1. The molecule has 0 fully saturated rings. The Bertz CT molecular complexity index is 422. The summed E-state index contributed by atoms with van der Waals surface area (Å²) in [5.74, 6) is -1.11. The first kappa shape index (κ1) is 11.9. The zero-order valence-corrected chi connectivity index (χ0v) is 8.93. The van der Waals surface area contributed by atoms with E-state index in [1.165, 1.54) is 14.2 Å². The number of methoxy groups -OCH3 is 2. The maximum absolute atomic E-state index is 10.4. The fraction of sp³-hybridized carbons (Fsp3) is 0.182. The molecule has 16 heavy (non-hydrogen) atoms. The van der Waals surface area contributed by atoms with Crippen LogP contribution in [0.4, 0.5) is 0 Å². The summed E-state index contributed by atoms with van der Waals surface area (Å²) >= 11 is 0. The van der Waals surface area contributed by atoms with Gasteiger partial charge in [-0.1, -0.05) is 6.07 Å². The minimum atomic E-state index is -1.38. The number of aliphatic carboxylic acids is 1. The first-order valence-corrected chi connectivity index (χ1v) is 4.44. The Kier molecular flexibility index (Phi) is 3.77. The van der Waals surface area contributed by atoms with Crippen molar-refractivity contribution in [1.82, 2.24) is 0 Å². The van der Waals surface area contributed by atoms with Crippen LogP contribution in [0.2, 0.25) is 0 Å². The Labute approximate surface area is 92.5 Å². The molecule has 1 aromatic rings. The summed E-state index contributed by atoms with van der Waals surface area (Å²) in [6, 6.07) is 4.80. The molecule has 5 heteroatoms. The molecule has 0 heterocycles. The van der Waals surface area contributed by atoms with Crippen molar-refractivity contribution in [3.63, 3.8) is 0 Å². The van der Waals surface area contributed by atoms with Crippen LogP contribution in [0.3, 0.4) is 0 Å². The van der Waals surface area contributed by atoms with Crippen molar-refractivity contribution in [2.45, 2.75) is 0 Å². The van der Waals surface area contributed by atoms with E-state index in [1.54, 1.807) is 18.2 Å². The number of hydrogen-bond acceptors (Lipinski definition) is 4. The summed E-state index contributed by atoms with van der Waals surface area (Å²) in [6.45, 7) is 0. The van der Waals surface area contributed by atoms with E-state index < -0.39 is 11.7 Å². The zero-order valence-electron chi connectivity index (χ0n) is 8.93. The number of aliphatic hydroxyl groups is 1. The molecule has 0 unspecified atom stereocenters. The van der Waals surface area contributed by atoms with Gasteiger partial charge in [0.2, 0.25) is 5.76 Å². The standard InChI is InChI=1S/C11H12O5/c1-15-9-4-3-7(6-10(9)16-2)5-8(12)11(13)14/h3-6,12H,1-2H3,(H,13,14)/b8-5-. The monoisotopic (exact) mass is 224 g/mol. The molecule has 0 amide bonds. The SMILES string of the molecule is COc1ccc(/C=C(\O)C(=O)O)cc1OC. The number of carboxylic acids is 1. The highest BCUT2D eigenvalue weighted by Crippen LogP contribution is 2.28. The van der Waals surface area contributed by atoms with Gasteiger partial charge < -0.3 is 19.7 Å². The van der Waals surface area contributed by atoms with Gasteiger partial charge in [0.05, 0.1) is 14.2 Å². The summed E-state index contributed by atoms with van der Waals surface area (Å²) < 4.78 is 10.1. The lowest BCUT2D eigenvalue weighted by Gasteiger charge is -2.07. The van der Waals surface area contributed by atoms with Crippen molar-refractivity contribution >= 4 is 12.0 Å². The van der Waals surface area contributed by atoms with Gasteiger partial charge in [0.15, 0.2) is 11.5 Å². The van der Waals surface area contributed by atoms with Gasteiger partial charge in [0, 0.05) is 0 Å². The van der Waals surface area contributed by atoms with Crippen molar-refractivity contribution < 1.29 is 24.5 Å². The van der Waals surface area contributed by atoms with Gasteiger partial charge in [-0.05, 0) is 23.8 Å². The highest BCUT2D eigenvalue weighted by molar-refractivity contribution is 5.89. The molecule has 0 saturated carbocycles. The molecular weight excluding hydrogens is 212 g/mol. The smallest absolute Gasteiger partial charge is 0.370 e. The minimum absolute atomic E-state index is 0.467. The van der Waals surface area contributed by atoms with Crippen molar-refractivity contribution in [2.75, 3.05) is 14.2 Å². The lowest BCUT2D eigenvalue weighted by atomic mass is 10.2. The number of carbonyl (C=O) groups is 1. The van der Waals surface area contributed by atoms with E-state index in [-0.39, 0.29) is 0 Å². The summed E-state index contributed by atoms with van der Waals surface area (Å²) in [7, 11) is 2.98. The Balaban J connectivity index is 3.09. The lowest BCUT2D eigenvalue weighted by Crippen LogP contribution is -1.98. The molecule has 5 nitrogen and oxygen atoms in total. The molecule has 0 aliphatic heterocycles. The van der Waals surface area contributed by atoms with Gasteiger partial charge in [0.25, 0.3) is 0 Å². The third-order valence-corrected chi connectivity index (χ3v) is 1.93. The number of rotatable bonds is 4. The molecule has 2 N–H and O–H groups in total. The fourth-order valence-electron chi connectivity index (χ4n) is 1.16. The molecule has 0 saturated heterocycles. The van der Waals surface area contributed by atoms with Gasteiger partial charge in [-0.2, -0.15) is 0 Å². The molecule has 1 aromatic carbocycles. The van der Waals surface area contributed by atoms with Crippen LogP contribution in [0.1, 0.15) is 5.56 Å². The second-order valence-corrected chi connectivity index (χ2v) is 2.95. The highest BCUT2D eigenvalue weighted by Gasteiger charge is 2.06. The normalized spacial score (nSPS) is 11.0. The van der Waals surface area contributed by atoms with E-state index in [2.05, 4.69) is 0 Å². The van der Waals surface area contributed by atoms with Gasteiger partial charge in [-0.15, -0.1) is 0 Å². The van der Waals surface area contributed by atoms with Crippen LogP contribution in [0.25, 0.3) is 6.08 Å². The van der Waals surface area contributed by atoms with Crippen molar-refractivity contribution in [3.8, 4) is 11.5 Å². The summed E-state index contributed by atoms with van der Waals surface area (Å²) in [6.07, 6.45) is 1.13. The third-order valence-electron chi connectivity index (χ3n) is 1.93. The van der Waals surface area contributed by atoms with E-state index in [9.17, 15) is 4.79 Å². The second kappa shape index (κ2) is 5.06. The Morgan fingerprint density at radius 1 is 1.19 bits per heavy atom. The van der Waals surface area contributed by atoms with Crippen molar-refractivity contribution in [1.29, 1.82) is 0 Å². The Hall–Kier alpha value is -2.17. The number of ether oxygens (including phenoxy) is 2. The Morgan fingerprint density at radius 2 is 1.81 bits per heavy atom. The molecule has 0 bridgehead atoms. The Morgan fingerprint density at radius 3 is 2.31 bits per heavy atom. The molecule has 0 atom stereocenters. The fourth-order valence-corrected chi connectivity index (χ4v) is 1.16. The predicted octanol–water partition coefficient (Wildman–Crippen LogP) is 1.69. The van der Waals surface area contributed by atoms with E-state index in [0.29, 0.717) is 17.1 Å². The maximum atomic E-state index is 10.4. The van der Waals surface area contributed by atoms with Gasteiger partial charge in [-0.3, -0.25) is 0 Å². The van der Waals surface area contributed by atoms with Crippen LogP contribution in [0.15, 0.2) is 24.0 Å². The van der Waals surface area contributed by atoms with Gasteiger partial charge in [-0.25, -0.2) is 4.79 Å². The second-order valence-electron chi connectivity index (χ2n) is 2.95. The minimum Gasteiger partial charge on any atom is -0.502 e. The molecular formula is C11H12O5. The maximum Gasteiger partial charge on any atom is 0.370 e. The van der Waals surface area contributed by atoms with E-state index >= 15 is 0 Å². The van der Waals surface area contributed by atoms with Crippen LogP contribution in [0.5, 0.6) is 11.5 Å². The summed E-state index contributed by atoms with van der Waals surface area (Å²) in [5.41, 5.74) is 0.512. The van der Waals surface area contributed by atoms with Crippen molar-refractivity contribution in [3.05, 3.63) is 29.5 Å². The average molecular weight is 224 g/mol. The topological polar surface area (TPSA) is 76.0 Å². The molecule has 0 radical (unpaired) electrons. The third kappa shape index (κ3) is 2.66. The first-order chi connectivity index (χ1) is 7.58. The van der Waals surface area contributed by atoms with Crippen LogP contribution in [0, 0.1) is 0 Å². The van der Waals surface area contributed by atoms with Gasteiger partial charge in [0.1, 0.15) is 0 Å². The van der Waals surface area contributed by atoms with Crippen LogP contribution >= 0.6 is 0 Å². The quantitative estimate of drug-likeness (QED) is 0.601. The number of benzene rings is 1. The number of hydrogen-bond donors (Lipinski definition) is 2. The first-order valence-electron chi connectivity index (χ1n) is 4.44. The van der Waals surface area contributed by atoms with Gasteiger partial charge >= 0.3 is 5.97 Å². The van der Waals surface area contributed by atoms with Crippen LogP contribution < -0.4 is 9.47 Å². The lowest BCUT2D eigenvalue weighted by molar-refractivity contribution is -0.135. The molecule has 0 aromatic heterocycles. The average Bonchev–Trinajstić information content (AvgIpc) is 2.28. The molecule has 0 spiro atoms. The molecule has 86 valence electrons. The van der Waals surface area contributed by atoms with E-state index in [4.69, 9.17) is 19.7 Å². The molecule has 0 aliphatic carbocycles. The van der Waals surface area contributed by atoms with E-state index in [0.717, 1.165) is 6.08 Å². The summed E-state index contributed by atoms with van der Waals surface area (Å²) in [4.78, 5) is 10.4. The largest absolute Gasteiger partial charge is 0.502 e. The summed E-state index contributed by atoms with van der Waals surface area (Å²) in [5, 5.41) is 17.6. The number of carboxylic acid groups (broad SMARTS) is 1. The molecule has 1 rings (SSSR count). The highest BCUT2D eigenvalue weighted by atomic mass is 16.5.